The molecule has 0 aliphatic rings. The lowest BCUT2D eigenvalue weighted by Gasteiger charge is -2.18. The minimum absolute atomic E-state index is 0.0560. The van der Waals surface area contributed by atoms with Crippen molar-refractivity contribution in [3.05, 3.63) is 59.9 Å². The molecule has 29 heavy (non-hydrogen) atoms. The van der Waals surface area contributed by atoms with E-state index in [-0.39, 0.29) is 22.4 Å². The molecule has 152 valence electrons. The summed E-state index contributed by atoms with van der Waals surface area (Å²) in [5.41, 5.74) is 0.595. The number of aromatic nitrogens is 2. The van der Waals surface area contributed by atoms with E-state index >= 15 is 0 Å². The van der Waals surface area contributed by atoms with Crippen LogP contribution in [-0.4, -0.2) is 41.9 Å². The maximum absolute atomic E-state index is 13.3. The molecule has 1 aromatic heterocycles. The van der Waals surface area contributed by atoms with Crippen LogP contribution in [0.25, 0.3) is 11.5 Å². The monoisotopic (exact) mass is 418 g/mol. The minimum Gasteiger partial charge on any atom is -0.403 e. The molecule has 0 atom stereocenters. The summed E-state index contributed by atoms with van der Waals surface area (Å²) in [6.07, 6.45) is 0. The van der Waals surface area contributed by atoms with Crippen LogP contribution in [0.5, 0.6) is 0 Å². The highest BCUT2D eigenvalue weighted by Gasteiger charge is 2.22. The van der Waals surface area contributed by atoms with Crippen LogP contribution in [-0.2, 0) is 10.0 Å². The number of benzene rings is 2. The first-order chi connectivity index (χ1) is 13.8. The topological polar surface area (TPSA) is 105 Å². The van der Waals surface area contributed by atoms with E-state index in [0.29, 0.717) is 18.7 Å². The smallest absolute Gasteiger partial charge is 0.322 e. The third kappa shape index (κ3) is 4.49. The second-order valence-electron chi connectivity index (χ2n) is 5.99. The van der Waals surface area contributed by atoms with Gasteiger partial charge in [-0.3, -0.25) is 10.1 Å². The van der Waals surface area contributed by atoms with Crippen LogP contribution in [0.4, 0.5) is 10.4 Å². The number of nitrogens with zero attached hydrogens (tertiary/aromatic N) is 3. The highest BCUT2D eigenvalue weighted by molar-refractivity contribution is 7.89. The van der Waals surface area contributed by atoms with Gasteiger partial charge >= 0.3 is 6.01 Å². The minimum atomic E-state index is -3.60. The van der Waals surface area contributed by atoms with Gasteiger partial charge in [0.2, 0.25) is 15.9 Å². The van der Waals surface area contributed by atoms with Crippen LogP contribution < -0.4 is 5.32 Å². The van der Waals surface area contributed by atoms with E-state index in [2.05, 4.69) is 15.5 Å². The summed E-state index contributed by atoms with van der Waals surface area (Å²) < 4.78 is 44.9. The van der Waals surface area contributed by atoms with Gasteiger partial charge < -0.3 is 4.42 Å². The standard InChI is InChI=1S/C19H19FN4O4S/c1-3-24(4-2)29(26,27)16-10-8-13(9-11-16)17(25)21-19-23-22-18(28-19)14-6-5-7-15(20)12-14/h5-12H,3-4H2,1-2H3,(H,21,23,25). The van der Waals surface area contributed by atoms with Crippen molar-refractivity contribution in [1.29, 1.82) is 0 Å². The summed E-state index contributed by atoms with van der Waals surface area (Å²) in [6.45, 7) is 4.22. The van der Waals surface area contributed by atoms with Crippen molar-refractivity contribution in [1.82, 2.24) is 14.5 Å². The van der Waals surface area contributed by atoms with Crippen LogP contribution in [0.2, 0.25) is 0 Å². The summed E-state index contributed by atoms with van der Waals surface area (Å²) >= 11 is 0. The van der Waals surface area contributed by atoms with Gasteiger partial charge in [0.1, 0.15) is 5.82 Å². The summed E-state index contributed by atoms with van der Waals surface area (Å²) in [5.74, 6) is -0.947. The van der Waals surface area contributed by atoms with E-state index in [1.165, 1.54) is 46.8 Å². The Morgan fingerprint density at radius 3 is 2.41 bits per heavy atom. The second-order valence-corrected chi connectivity index (χ2v) is 7.93. The zero-order valence-electron chi connectivity index (χ0n) is 15.8. The van der Waals surface area contributed by atoms with Gasteiger partial charge in [-0.2, -0.15) is 4.31 Å². The molecule has 8 nitrogen and oxygen atoms in total. The summed E-state index contributed by atoms with van der Waals surface area (Å²) in [5, 5.41) is 9.93. The van der Waals surface area contributed by atoms with Gasteiger partial charge in [-0.15, -0.1) is 5.10 Å². The molecule has 1 amide bonds. The SMILES string of the molecule is CCN(CC)S(=O)(=O)c1ccc(C(=O)Nc2nnc(-c3cccc(F)c3)o2)cc1. The van der Waals surface area contributed by atoms with E-state index in [4.69, 9.17) is 4.42 Å². The molecule has 0 bridgehead atoms. The molecule has 0 saturated carbocycles. The molecule has 3 rings (SSSR count). The fraction of sp³-hybridized carbons (Fsp3) is 0.211. The predicted octanol–water partition coefficient (Wildman–Crippen LogP) is 3.16. The second kappa shape index (κ2) is 8.50. The van der Waals surface area contributed by atoms with Crippen molar-refractivity contribution in [3.8, 4) is 11.5 Å². The summed E-state index contributed by atoms with van der Waals surface area (Å²) in [6, 6.07) is 11.0. The van der Waals surface area contributed by atoms with Gasteiger partial charge in [-0.1, -0.05) is 25.0 Å². The molecule has 0 radical (unpaired) electrons. The zero-order valence-corrected chi connectivity index (χ0v) is 16.6. The molecule has 0 saturated heterocycles. The van der Waals surface area contributed by atoms with E-state index in [0.717, 1.165) is 0 Å². The number of sulfonamides is 1. The first kappa shape index (κ1) is 20.6. The molecular weight excluding hydrogens is 399 g/mol. The molecule has 2 aromatic carbocycles. The van der Waals surface area contributed by atoms with Crippen LogP contribution in [0.1, 0.15) is 24.2 Å². The molecule has 1 N–H and O–H groups in total. The highest BCUT2D eigenvalue weighted by Crippen LogP contribution is 2.21. The van der Waals surface area contributed by atoms with Gasteiger partial charge in [0.05, 0.1) is 4.90 Å². The predicted molar refractivity (Wildman–Crippen MR) is 104 cm³/mol. The van der Waals surface area contributed by atoms with E-state index in [1.54, 1.807) is 19.9 Å². The maximum Gasteiger partial charge on any atom is 0.322 e. The number of anilines is 1. The normalized spacial score (nSPS) is 11.6. The van der Waals surface area contributed by atoms with Crippen molar-refractivity contribution in [2.24, 2.45) is 0 Å². The molecular formula is C19H19FN4O4S. The van der Waals surface area contributed by atoms with Crippen molar-refractivity contribution in [2.45, 2.75) is 18.7 Å². The molecule has 0 unspecified atom stereocenters. The number of rotatable bonds is 7. The van der Waals surface area contributed by atoms with Gasteiger partial charge in [0, 0.05) is 24.2 Å². The number of halogens is 1. The molecule has 0 aliphatic carbocycles. The molecule has 3 aromatic rings. The highest BCUT2D eigenvalue weighted by atomic mass is 32.2. The van der Waals surface area contributed by atoms with E-state index in [9.17, 15) is 17.6 Å². The summed E-state index contributed by atoms with van der Waals surface area (Å²) in [7, 11) is -3.60. The lowest BCUT2D eigenvalue weighted by atomic mass is 10.2. The van der Waals surface area contributed by atoms with Gasteiger partial charge in [-0.05, 0) is 42.5 Å². The first-order valence-corrected chi connectivity index (χ1v) is 10.3. The van der Waals surface area contributed by atoms with Crippen molar-refractivity contribution >= 4 is 21.9 Å². The van der Waals surface area contributed by atoms with Gasteiger partial charge in [0.15, 0.2) is 0 Å². The van der Waals surface area contributed by atoms with Crippen LogP contribution in [0, 0.1) is 5.82 Å². The number of amides is 1. The molecule has 0 fully saturated rings. The average molecular weight is 418 g/mol. The Morgan fingerprint density at radius 1 is 1.10 bits per heavy atom. The van der Waals surface area contributed by atoms with Crippen LogP contribution >= 0.6 is 0 Å². The third-order valence-electron chi connectivity index (χ3n) is 4.18. The Bertz CT molecular complexity index is 1110. The first-order valence-electron chi connectivity index (χ1n) is 8.86. The molecule has 1 heterocycles. The third-order valence-corrected chi connectivity index (χ3v) is 6.24. The molecule has 0 spiro atoms. The number of hydrogen-bond donors (Lipinski definition) is 1. The number of carbonyl (C=O) groups is 1. The number of hydrogen-bond acceptors (Lipinski definition) is 6. The fourth-order valence-electron chi connectivity index (χ4n) is 2.67. The quantitative estimate of drug-likeness (QED) is 0.632. The summed E-state index contributed by atoms with van der Waals surface area (Å²) in [4.78, 5) is 12.5. The molecule has 0 aliphatic heterocycles. The lowest BCUT2D eigenvalue weighted by molar-refractivity contribution is 0.102. The van der Waals surface area contributed by atoms with Crippen LogP contribution in [0.3, 0.4) is 0 Å². The average Bonchev–Trinajstić information content (AvgIpc) is 3.17. The van der Waals surface area contributed by atoms with E-state index in [1.807, 2.05) is 0 Å². The maximum atomic E-state index is 13.3. The van der Waals surface area contributed by atoms with Crippen molar-refractivity contribution in [3.63, 3.8) is 0 Å². The Kier molecular flexibility index (Phi) is 6.04. The number of nitrogens with one attached hydrogen (secondary N) is 1. The Hall–Kier alpha value is -3.11. The lowest BCUT2D eigenvalue weighted by Crippen LogP contribution is -2.30. The van der Waals surface area contributed by atoms with Crippen LogP contribution in [0.15, 0.2) is 57.8 Å². The van der Waals surface area contributed by atoms with Gasteiger partial charge in [0.25, 0.3) is 5.91 Å². The van der Waals surface area contributed by atoms with Gasteiger partial charge in [-0.25, -0.2) is 12.8 Å². The zero-order chi connectivity index (χ0) is 21.0. The largest absolute Gasteiger partial charge is 0.403 e. The van der Waals surface area contributed by atoms with E-state index < -0.39 is 21.7 Å². The van der Waals surface area contributed by atoms with Crippen molar-refractivity contribution < 1.29 is 22.0 Å². The Balaban J connectivity index is 1.73. The van der Waals surface area contributed by atoms with Crippen molar-refractivity contribution in [2.75, 3.05) is 18.4 Å². The fourth-order valence-corrected chi connectivity index (χ4v) is 4.13. The molecule has 10 heteroatoms. The number of carbonyl (C=O) groups excluding carboxylic acids is 1. The Labute approximate surface area is 167 Å². The Morgan fingerprint density at radius 2 is 1.79 bits per heavy atom.